The average molecular weight is 350 g/mol. The van der Waals surface area contributed by atoms with E-state index in [0.29, 0.717) is 5.69 Å². The predicted octanol–water partition coefficient (Wildman–Crippen LogP) is 2.83. The first-order valence-electron chi connectivity index (χ1n) is 7.28. The third kappa shape index (κ3) is 4.25. The van der Waals surface area contributed by atoms with Crippen LogP contribution in [0.3, 0.4) is 0 Å². The number of alkyl halides is 3. The first-order chi connectivity index (χ1) is 11.9. The minimum atomic E-state index is -4.54. The second-order valence-electron chi connectivity index (χ2n) is 5.14. The van der Waals surface area contributed by atoms with Crippen LogP contribution in [0.5, 0.6) is 0 Å². The summed E-state index contributed by atoms with van der Waals surface area (Å²) in [4.78, 5) is 11.7. The van der Waals surface area contributed by atoms with Crippen LogP contribution < -0.4 is 0 Å². The lowest BCUT2D eigenvalue weighted by atomic mass is 10.3. The van der Waals surface area contributed by atoms with Gasteiger partial charge in [-0.15, -0.1) is 0 Å². The topological polar surface area (TPSA) is 61.9 Å². The molecule has 0 aliphatic carbocycles. The standard InChI is InChI=1S/C16H13F3N4O2/c17-16(18,19)14-7-8-22(21-14)10-15(24)25-11-12-6-9-23(20-12)13-4-2-1-3-5-13/h1-9H,10-11H2. The molecule has 1 aromatic carbocycles. The van der Waals surface area contributed by atoms with E-state index in [9.17, 15) is 18.0 Å². The van der Waals surface area contributed by atoms with Crippen molar-refractivity contribution >= 4 is 5.97 Å². The molecule has 0 aliphatic heterocycles. The summed E-state index contributed by atoms with van der Waals surface area (Å²) < 4.78 is 44.9. The zero-order chi connectivity index (χ0) is 17.9. The highest BCUT2D eigenvalue weighted by atomic mass is 19.4. The summed E-state index contributed by atoms with van der Waals surface area (Å²) in [5.41, 5.74) is 0.326. The molecule has 0 fully saturated rings. The molecule has 0 unspecified atom stereocenters. The number of para-hydroxylation sites is 1. The van der Waals surface area contributed by atoms with E-state index in [4.69, 9.17) is 4.74 Å². The Morgan fingerprint density at radius 2 is 1.80 bits per heavy atom. The van der Waals surface area contributed by atoms with Gasteiger partial charge in [0.25, 0.3) is 0 Å². The molecule has 6 nitrogen and oxygen atoms in total. The summed E-state index contributed by atoms with van der Waals surface area (Å²) in [6.45, 7) is -0.485. The van der Waals surface area contributed by atoms with E-state index in [-0.39, 0.29) is 6.61 Å². The molecule has 0 radical (unpaired) electrons. The Bertz CT molecular complexity index is 856. The van der Waals surface area contributed by atoms with Crippen molar-refractivity contribution in [3.63, 3.8) is 0 Å². The van der Waals surface area contributed by atoms with Gasteiger partial charge in [-0.3, -0.25) is 9.48 Å². The Balaban J connectivity index is 1.54. The summed E-state index contributed by atoms with van der Waals surface area (Å²) >= 11 is 0. The number of halogens is 3. The van der Waals surface area contributed by atoms with Gasteiger partial charge in [0.05, 0.1) is 5.69 Å². The number of benzene rings is 1. The van der Waals surface area contributed by atoms with Crippen LogP contribution in [-0.2, 0) is 28.9 Å². The van der Waals surface area contributed by atoms with Gasteiger partial charge in [0.2, 0.25) is 0 Å². The van der Waals surface area contributed by atoms with Crippen molar-refractivity contribution in [3.05, 3.63) is 66.2 Å². The predicted molar refractivity (Wildman–Crippen MR) is 80.6 cm³/mol. The van der Waals surface area contributed by atoms with Gasteiger partial charge in [-0.25, -0.2) is 4.68 Å². The zero-order valence-corrected chi connectivity index (χ0v) is 12.8. The van der Waals surface area contributed by atoms with Crippen molar-refractivity contribution in [2.24, 2.45) is 0 Å². The molecule has 3 aromatic rings. The third-order valence-electron chi connectivity index (χ3n) is 3.27. The van der Waals surface area contributed by atoms with Crippen LogP contribution in [0.2, 0.25) is 0 Å². The summed E-state index contributed by atoms with van der Waals surface area (Å²) in [6, 6.07) is 11.9. The second kappa shape index (κ2) is 6.80. The number of carbonyl (C=O) groups excluding carboxylic acids is 1. The molecular formula is C16H13F3N4O2. The molecule has 2 aromatic heterocycles. The van der Waals surface area contributed by atoms with Gasteiger partial charge in [-0.2, -0.15) is 23.4 Å². The third-order valence-corrected chi connectivity index (χ3v) is 3.27. The number of hydrogen-bond acceptors (Lipinski definition) is 4. The van der Waals surface area contributed by atoms with Crippen LogP contribution >= 0.6 is 0 Å². The van der Waals surface area contributed by atoms with Gasteiger partial charge in [-0.1, -0.05) is 18.2 Å². The van der Waals surface area contributed by atoms with Crippen LogP contribution in [0.4, 0.5) is 13.2 Å². The Morgan fingerprint density at radius 3 is 2.48 bits per heavy atom. The monoisotopic (exact) mass is 350 g/mol. The quantitative estimate of drug-likeness (QED) is 0.664. The average Bonchev–Trinajstić information content (AvgIpc) is 3.23. The van der Waals surface area contributed by atoms with Crippen molar-refractivity contribution in [3.8, 4) is 5.69 Å². The maximum Gasteiger partial charge on any atom is 0.435 e. The minimum Gasteiger partial charge on any atom is -0.458 e. The van der Waals surface area contributed by atoms with Gasteiger partial charge in [0.15, 0.2) is 5.69 Å². The molecule has 130 valence electrons. The molecule has 0 aliphatic rings. The molecular weight excluding hydrogens is 337 g/mol. The van der Waals surface area contributed by atoms with Crippen molar-refractivity contribution in [1.29, 1.82) is 0 Å². The number of aromatic nitrogens is 4. The van der Waals surface area contributed by atoms with Crippen LogP contribution in [0, 0.1) is 0 Å². The fourth-order valence-corrected chi connectivity index (χ4v) is 2.10. The highest BCUT2D eigenvalue weighted by molar-refractivity contribution is 5.69. The number of nitrogens with zero attached hydrogens (tertiary/aromatic N) is 4. The lowest BCUT2D eigenvalue weighted by Crippen LogP contribution is -2.15. The minimum absolute atomic E-state index is 0.0773. The van der Waals surface area contributed by atoms with Gasteiger partial charge < -0.3 is 4.74 Å². The molecule has 0 bridgehead atoms. The first-order valence-corrected chi connectivity index (χ1v) is 7.28. The van der Waals surface area contributed by atoms with Crippen LogP contribution in [0.1, 0.15) is 11.4 Å². The Morgan fingerprint density at radius 1 is 1.04 bits per heavy atom. The van der Waals surface area contributed by atoms with Crippen molar-refractivity contribution < 1.29 is 22.7 Å². The summed E-state index contributed by atoms with van der Waals surface area (Å²) in [5.74, 6) is -0.703. The summed E-state index contributed by atoms with van der Waals surface area (Å²) in [5, 5.41) is 7.56. The fraction of sp³-hybridized carbons (Fsp3) is 0.188. The lowest BCUT2D eigenvalue weighted by Gasteiger charge is -2.04. The molecule has 0 amide bonds. The van der Waals surface area contributed by atoms with Crippen LogP contribution in [0.15, 0.2) is 54.9 Å². The highest BCUT2D eigenvalue weighted by Crippen LogP contribution is 2.27. The van der Waals surface area contributed by atoms with Crippen molar-refractivity contribution in [2.45, 2.75) is 19.3 Å². The molecule has 9 heteroatoms. The fourth-order valence-electron chi connectivity index (χ4n) is 2.10. The zero-order valence-electron chi connectivity index (χ0n) is 12.8. The largest absolute Gasteiger partial charge is 0.458 e. The number of hydrogen-bond donors (Lipinski definition) is 0. The van der Waals surface area contributed by atoms with E-state index < -0.39 is 24.4 Å². The lowest BCUT2D eigenvalue weighted by molar-refractivity contribution is -0.147. The van der Waals surface area contributed by atoms with E-state index in [2.05, 4.69) is 10.2 Å². The van der Waals surface area contributed by atoms with Crippen molar-refractivity contribution in [2.75, 3.05) is 0 Å². The Labute approximate surface area is 140 Å². The van der Waals surface area contributed by atoms with Crippen LogP contribution in [0.25, 0.3) is 5.69 Å². The maximum absolute atomic E-state index is 12.4. The van der Waals surface area contributed by atoms with E-state index in [0.717, 1.165) is 22.6 Å². The van der Waals surface area contributed by atoms with E-state index >= 15 is 0 Å². The van der Waals surface area contributed by atoms with E-state index in [1.807, 2.05) is 30.3 Å². The van der Waals surface area contributed by atoms with Gasteiger partial charge >= 0.3 is 12.1 Å². The van der Waals surface area contributed by atoms with Crippen molar-refractivity contribution in [1.82, 2.24) is 19.6 Å². The van der Waals surface area contributed by atoms with Crippen LogP contribution in [-0.4, -0.2) is 25.5 Å². The number of esters is 1. The number of rotatable bonds is 5. The SMILES string of the molecule is O=C(Cn1ccc(C(F)(F)F)n1)OCc1ccn(-c2ccccc2)n1. The number of carbonyl (C=O) groups is 1. The smallest absolute Gasteiger partial charge is 0.435 e. The summed E-state index contributed by atoms with van der Waals surface area (Å²) in [6.07, 6.45) is -1.74. The highest BCUT2D eigenvalue weighted by Gasteiger charge is 2.33. The van der Waals surface area contributed by atoms with E-state index in [1.54, 1.807) is 16.9 Å². The van der Waals surface area contributed by atoms with E-state index in [1.165, 1.54) is 0 Å². The number of ether oxygens (including phenoxy) is 1. The molecule has 0 atom stereocenters. The summed E-state index contributed by atoms with van der Waals surface area (Å²) in [7, 11) is 0. The normalized spacial score (nSPS) is 11.5. The molecule has 0 saturated heterocycles. The van der Waals surface area contributed by atoms with Gasteiger partial charge in [0, 0.05) is 12.4 Å². The Kier molecular flexibility index (Phi) is 4.55. The second-order valence-corrected chi connectivity index (χ2v) is 5.14. The maximum atomic E-state index is 12.4. The molecule has 0 N–H and O–H groups in total. The van der Waals surface area contributed by atoms with Gasteiger partial charge in [-0.05, 0) is 24.3 Å². The molecule has 3 rings (SSSR count). The molecule has 0 saturated carbocycles. The first kappa shape index (κ1) is 16.7. The molecule has 0 spiro atoms. The van der Waals surface area contributed by atoms with Gasteiger partial charge in [0.1, 0.15) is 18.8 Å². The Hall–Kier alpha value is -3.10. The molecule has 25 heavy (non-hydrogen) atoms. The molecule has 2 heterocycles.